The van der Waals surface area contributed by atoms with Crippen LogP contribution in [-0.4, -0.2) is 48.8 Å². The Kier molecular flexibility index (Phi) is 6.98. The minimum absolute atomic E-state index is 0.109. The van der Waals surface area contributed by atoms with Gasteiger partial charge in [0.2, 0.25) is 0 Å². The fraction of sp³-hybridized carbons (Fsp3) is 0.333. The molecule has 3 aromatic carbocycles. The molecule has 34 heavy (non-hydrogen) atoms. The first kappa shape index (κ1) is 22.7. The van der Waals surface area contributed by atoms with Gasteiger partial charge in [-0.2, -0.15) is 0 Å². The lowest BCUT2D eigenvalue weighted by Gasteiger charge is -2.43. The Morgan fingerprint density at radius 2 is 1.24 bits per heavy atom. The third kappa shape index (κ3) is 4.89. The molecule has 4 heteroatoms. The SMILES string of the molecule is O=C(c1ccccc1)[C@H]1CN(CC2CCCO2)C[C@@H](C(=O)c2ccccc2)[C@@H]1c1ccccc1. The van der Waals surface area contributed by atoms with Gasteiger partial charge in [0, 0.05) is 55.1 Å². The van der Waals surface area contributed by atoms with Crippen molar-refractivity contribution in [2.75, 3.05) is 26.2 Å². The van der Waals surface area contributed by atoms with Gasteiger partial charge in [0.15, 0.2) is 11.6 Å². The Bertz CT molecular complexity index is 1030. The van der Waals surface area contributed by atoms with Crippen molar-refractivity contribution in [3.8, 4) is 0 Å². The molecule has 0 saturated carbocycles. The van der Waals surface area contributed by atoms with E-state index in [4.69, 9.17) is 4.74 Å². The molecule has 0 N–H and O–H groups in total. The molecule has 0 radical (unpaired) electrons. The van der Waals surface area contributed by atoms with Gasteiger partial charge >= 0.3 is 0 Å². The molecular formula is C30H31NO3. The topological polar surface area (TPSA) is 46.6 Å². The second-order valence-electron chi connectivity index (χ2n) is 9.46. The molecule has 4 nitrogen and oxygen atoms in total. The maximum absolute atomic E-state index is 13.9. The van der Waals surface area contributed by atoms with E-state index in [0.29, 0.717) is 24.2 Å². The summed E-state index contributed by atoms with van der Waals surface area (Å²) >= 11 is 0. The van der Waals surface area contributed by atoms with E-state index in [2.05, 4.69) is 17.0 Å². The fourth-order valence-corrected chi connectivity index (χ4v) is 5.63. The Labute approximate surface area is 201 Å². The standard InChI is InChI=1S/C30H31NO3/c32-29(23-13-6-2-7-14-23)26-20-31(19-25-17-10-18-34-25)21-27(28(26)22-11-4-1-5-12-22)30(33)24-15-8-3-9-16-24/h1-9,11-16,25-28H,10,17-21H2/t25?,26-,27+,28+. The van der Waals surface area contributed by atoms with Gasteiger partial charge in [-0.05, 0) is 18.4 Å². The number of ether oxygens (including phenoxy) is 1. The van der Waals surface area contributed by atoms with E-state index in [9.17, 15) is 9.59 Å². The van der Waals surface area contributed by atoms with Crippen LogP contribution in [0.5, 0.6) is 0 Å². The second-order valence-corrected chi connectivity index (χ2v) is 9.46. The van der Waals surface area contributed by atoms with Crippen LogP contribution in [0.1, 0.15) is 45.0 Å². The van der Waals surface area contributed by atoms with Gasteiger partial charge in [0.05, 0.1) is 6.10 Å². The highest BCUT2D eigenvalue weighted by atomic mass is 16.5. The third-order valence-electron chi connectivity index (χ3n) is 7.24. The summed E-state index contributed by atoms with van der Waals surface area (Å²) in [6, 6.07) is 29.2. The monoisotopic (exact) mass is 453 g/mol. The van der Waals surface area contributed by atoms with Crippen LogP contribution in [0.3, 0.4) is 0 Å². The predicted molar refractivity (Wildman–Crippen MR) is 133 cm³/mol. The van der Waals surface area contributed by atoms with E-state index in [1.54, 1.807) is 0 Å². The minimum Gasteiger partial charge on any atom is -0.377 e. The summed E-state index contributed by atoms with van der Waals surface area (Å²) in [5.74, 6) is -0.577. The van der Waals surface area contributed by atoms with Gasteiger partial charge in [0.25, 0.3) is 0 Å². The quantitative estimate of drug-likeness (QED) is 0.458. The molecule has 174 valence electrons. The summed E-state index contributed by atoms with van der Waals surface area (Å²) in [7, 11) is 0. The van der Waals surface area contributed by atoms with Gasteiger partial charge in [-0.25, -0.2) is 0 Å². The van der Waals surface area contributed by atoms with Crippen molar-refractivity contribution >= 4 is 11.6 Å². The summed E-state index contributed by atoms with van der Waals surface area (Å²) in [6.45, 7) is 2.82. The first-order valence-corrected chi connectivity index (χ1v) is 12.3. The second kappa shape index (κ2) is 10.5. The maximum Gasteiger partial charge on any atom is 0.167 e. The molecule has 2 aliphatic rings. The largest absolute Gasteiger partial charge is 0.377 e. The van der Waals surface area contributed by atoms with E-state index in [-0.39, 0.29) is 35.4 Å². The van der Waals surface area contributed by atoms with Crippen LogP contribution in [0, 0.1) is 11.8 Å². The average molecular weight is 454 g/mol. The number of carbonyl (C=O) groups is 2. The zero-order valence-corrected chi connectivity index (χ0v) is 19.4. The molecule has 2 heterocycles. The molecule has 5 rings (SSSR count). The molecule has 2 fully saturated rings. The molecule has 4 atom stereocenters. The number of ketones is 2. The number of piperidine rings is 1. The summed E-state index contributed by atoms with van der Waals surface area (Å²) in [4.78, 5) is 30.1. The Balaban J connectivity index is 1.55. The third-order valence-corrected chi connectivity index (χ3v) is 7.24. The Morgan fingerprint density at radius 1 is 0.735 bits per heavy atom. The van der Waals surface area contributed by atoms with Crippen LogP contribution in [0.2, 0.25) is 0 Å². The molecule has 2 aliphatic heterocycles. The van der Waals surface area contributed by atoms with E-state index in [1.165, 1.54) is 0 Å². The highest BCUT2D eigenvalue weighted by molar-refractivity contribution is 6.02. The number of hydrogen-bond acceptors (Lipinski definition) is 4. The first-order valence-electron chi connectivity index (χ1n) is 12.3. The molecule has 0 aromatic heterocycles. The zero-order valence-electron chi connectivity index (χ0n) is 19.4. The van der Waals surface area contributed by atoms with Crippen LogP contribution in [-0.2, 0) is 4.74 Å². The maximum atomic E-state index is 13.9. The molecule has 0 bridgehead atoms. The summed E-state index contributed by atoms with van der Waals surface area (Å²) in [5, 5.41) is 0. The lowest BCUT2D eigenvalue weighted by molar-refractivity contribution is 0.0307. The van der Waals surface area contributed by atoms with Crippen LogP contribution < -0.4 is 0 Å². The lowest BCUT2D eigenvalue weighted by atomic mass is 9.68. The molecule has 0 amide bonds. The van der Waals surface area contributed by atoms with Gasteiger partial charge in [-0.1, -0.05) is 91.0 Å². The Morgan fingerprint density at radius 3 is 1.71 bits per heavy atom. The minimum atomic E-state index is -0.308. The van der Waals surface area contributed by atoms with Gasteiger partial charge < -0.3 is 4.74 Å². The molecule has 2 saturated heterocycles. The zero-order chi connectivity index (χ0) is 23.3. The predicted octanol–water partition coefficient (Wildman–Crippen LogP) is 5.26. The van der Waals surface area contributed by atoms with Crippen LogP contribution >= 0.6 is 0 Å². The number of carbonyl (C=O) groups excluding carboxylic acids is 2. The smallest absolute Gasteiger partial charge is 0.167 e. The highest BCUT2D eigenvalue weighted by Crippen LogP contribution is 2.41. The molecule has 0 aliphatic carbocycles. The summed E-state index contributed by atoms with van der Waals surface area (Å²) in [6.07, 6.45) is 2.28. The van der Waals surface area contributed by atoms with Gasteiger partial charge in [0.1, 0.15) is 0 Å². The van der Waals surface area contributed by atoms with Crippen molar-refractivity contribution in [1.29, 1.82) is 0 Å². The van der Waals surface area contributed by atoms with Crippen molar-refractivity contribution in [1.82, 2.24) is 4.90 Å². The van der Waals surface area contributed by atoms with Gasteiger partial charge in [-0.15, -0.1) is 0 Å². The average Bonchev–Trinajstić information content (AvgIpc) is 3.42. The number of hydrogen-bond donors (Lipinski definition) is 0. The Hall–Kier alpha value is -3.08. The van der Waals surface area contributed by atoms with Crippen molar-refractivity contribution in [2.24, 2.45) is 11.8 Å². The van der Waals surface area contributed by atoms with Crippen molar-refractivity contribution < 1.29 is 14.3 Å². The van der Waals surface area contributed by atoms with Crippen LogP contribution in [0.4, 0.5) is 0 Å². The number of nitrogens with zero attached hydrogens (tertiary/aromatic N) is 1. The van der Waals surface area contributed by atoms with Crippen molar-refractivity contribution in [3.63, 3.8) is 0 Å². The summed E-state index contributed by atoms with van der Waals surface area (Å²) in [5.41, 5.74) is 2.47. The van der Waals surface area contributed by atoms with Crippen LogP contribution in [0.25, 0.3) is 0 Å². The lowest BCUT2D eigenvalue weighted by Crippen LogP contribution is -2.52. The molecule has 1 unspecified atom stereocenters. The number of Topliss-reactive ketones (excluding diaryl/α,β-unsaturated/α-hetero) is 2. The highest BCUT2D eigenvalue weighted by Gasteiger charge is 2.45. The number of rotatable bonds is 7. The number of benzene rings is 3. The number of likely N-dealkylation sites (tertiary alicyclic amines) is 1. The fourth-order valence-electron chi connectivity index (χ4n) is 5.63. The molecular weight excluding hydrogens is 422 g/mol. The normalized spacial score (nSPS) is 25.2. The van der Waals surface area contributed by atoms with Crippen molar-refractivity contribution in [3.05, 3.63) is 108 Å². The van der Waals surface area contributed by atoms with E-state index >= 15 is 0 Å². The summed E-state index contributed by atoms with van der Waals surface area (Å²) < 4.78 is 5.92. The van der Waals surface area contributed by atoms with E-state index in [0.717, 1.165) is 31.6 Å². The van der Waals surface area contributed by atoms with E-state index in [1.807, 2.05) is 78.9 Å². The van der Waals surface area contributed by atoms with Gasteiger partial charge in [-0.3, -0.25) is 14.5 Å². The molecule has 0 spiro atoms. The first-order chi connectivity index (χ1) is 16.7. The van der Waals surface area contributed by atoms with E-state index < -0.39 is 0 Å². The van der Waals surface area contributed by atoms with Crippen LogP contribution in [0.15, 0.2) is 91.0 Å². The van der Waals surface area contributed by atoms with Crippen molar-refractivity contribution in [2.45, 2.75) is 24.9 Å². The molecule has 3 aromatic rings.